The molecule has 2 aromatic carbocycles. The molecule has 1 atom stereocenters. The van der Waals surface area contributed by atoms with Crippen LogP contribution in [0.1, 0.15) is 30.1 Å². The third-order valence-electron chi connectivity index (χ3n) is 6.63. The zero-order valence-corrected chi connectivity index (χ0v) is 19.7. The van der Waals surface area contributed by atoms with Crippen molar-refractivity contribution in [2.45, 2.75) is 32.4 Å². The average Bonchev–Trinajstić information content (AvgIpc) is 3.39. The number of aliphatic hydroxyl groups is 1. The number of likely N-dealkylation sites (tertiary alicyclic amines) is 1. The number of hydrogen-bond donors (Lipinski definition) is 2. The Morgan fingerprint density at radius 1 is 1.26 bits per heavy atom. The van der Waals surface area contributed by atoms with Crippen molar-refractivity contribution in [2.24, 2.45) is 12.8 Å². The Morgan fingerprint density at radius 2 is 2.09 bits per heavy atom. The molecule has 34 heavy (non-hydrogen) atoms. The SMILES string of the molecule is CCn1c(-c2nc3cc(C(=O)N4CCC[C@@H](N)C4)cc(OCCO)c3n2C)cc2ccccc21. The number of hydrogen-bond acceptors (Lipinski definition) is 5. The zero-order chi connectivity index (χ0) is 23.8. The molecule has 8 nitrogen and oxygen atoms in total. The van der Waals surface area contributed by atoms with Gasteiger partial charge >= 0.3 is 0 Å². The van der Waals surface area contributed by atoms with Gasteiger partial charge in [0.1, 0.15) is 17.9 Å². The number of aliphatic hydroxyl groups excluding tert-OH is 1. The second-order valence-electron chi connectivity index (χ2n) is 8.89. The third kappa shape index (κ3) is 3.82. The summed E-state index contributed by atoms with van der Waals surface area (Å²) in [5.41, 5.74) is 10.3. The normalized spacial score (nSPS) is 16.5. The van der Waals surface area contributed by atoms with Gasteiger partial charge in [0.2, 0.25) is 0 Å². The highest BCUT2D eigenvalue weighted by Crippen LogP contribution is 2.34. The summed E-state index contributed by atoms with van der Waals surface area (Å²) in [6.45, 7) is 4.19. The number of carbonyl (C=O) groups is 1. The van der Waals surface area contributed by atoms with Gasteiger partial charge in [-0.2, -0.15) is 0 Å². The smallest absolute Gasteiger partial charge is 0.254 e. The number of piperidine rings is 1. The molecule has 2 aromatic heterocycles. The molecule has 0 aliphatic carbocycles. The fourth-order valence-electron chi connectivity index (χ4n) is 5.04. The number of imidazole rings is 1. The minimum atomic E-state index is -0.116. The van der Waals surface area contributed by atoms with Crippen LogP contribution in [0, 0.1) is 0 Å². The molecule has 1 amide bonds. The fourth-order valence-corrected chi connectivity index (χ4v) is 5.04. The number of ether oxygens (including phenoxy) is 1. The Balaban J connectivity index is 1.65. The van der Waals surface area contributed by atoms with Gasteiger partial charge < -0.3 is 29.6 Å². The summed E-state index contributed by atoms with van der Waals surface area (Å²) in [7, 11) is 1.96. The predicted octanol–water partition coefficient (Wildman–Crippen LogP) is 3.15. The van der Waals surface area contributed by atoms with Crippen LogP contribution >= 0.6 is 0 Å². The van der Waals surface area contributed by atoms with E-state index in [0.29, 0.717) is 29.9 Å². The zero-order valence-electron chi connectivity index (χ0n) is 19.7. The average molecular weight is 462 g/mol. The highest BCUT2D eigenvalue weighted by Gasteiger charge is 2.25. The van der Waals surface area contributed by atoms with E-state index in [-0.39, 0.29) is 25.2 Å². The number of amides is 1. The Hall–Kier alpha value is -3.36. The Labute approximate surface area is 198 Å². The van der Waals surface area contributed by atoms with Gasteiger partial charge in [-0.1, -0.05) is 18.2 Å². The molecule has 1 fully saturated rings. The van der Waals surface area contributed by atoms with Crippen molar-refractivity contribution < 1.29 is 14.6 Å². The van der Waals surface area contributed by atoms with E-state index in [1.54, 1.807) is 6.07 Å². The van der Waals surface area contributed by atoms with E-state index in [1.165, 1.54) is 0 Å². The molecule has 0 saturated carbocycles. The van der Waals surface area contributed by atoms with Gasteiger partial charge in [-0.3, -0.25) is 4.79 Å². The van der Waals surface area contributed by atoms with Gasteiger partial charge in [0.25, 0.3) is 5.91 Å². The number of rotatable bonds is 6. The van der Waals surface area contributed by atoms with Crippen LogP contribution in [-0.2, 0) is 13.6 Å². The first kappa shape index (κ1) is 22.4. The Morgan fingerprint density at radius 3 is 2.85 bits per heavy atom. The number of aryl methyl sites for hydroxylation is 2. The summed E-state index contributed by atoms with van der Waals surface area (Å²) in [5, 5.41) is 10.5. The summed E-state index contributed by atoms with van der Waals surface area (Å²) < 4.78 is 10.1. The number of fused-ring (bicyclic) bond motifs is 2. The molecule has 1 aliphatic rings. The third-order valence-corrected chi connectivity index (χ3v) is 6.63. The lowest BCUT2D eigenvalue weighted by Crippen LogP contribution is -2.45. The van der Waals surface area contributed by atoms with Crippen molar-refractivity contribution in [2.75, 3.05) is 26.3 Å². The summed E-state index contributed by atoms with van der Waals surface area (Å²) >= 11 is 0. The monoisotopic (exact) mass is 461 g/mol. The molecule has 0 unspecified atom stereocenters. The van der Waals surface area contributed by atoms with Crippen molar-refractivity contribution in [3.8, 4) is 17.3 Å². The topological polar surface area (TPSA) is 98.5 Å². The number of benzene rings is 2. The second kappa shape index (κ2) is 9.12. The molecule has 4 aromatic rings. The van der Waals surface area contributed by atoms with E-state index >= 15 is 0 Å². The van der Waals surface area contributed by atoms with E-state index in [4.69, 9.17) is 15.5 Å². The number of nitrogens with zero attached hydrogens (tertiary/aromatic N) is 4. The van der Waals surface area contributed by atoms with Gasteiger partial charge in [0, 0.05) is 49.2 Å². The van der Waals surface area contributed by atoms with Crippen molar-refractivity contribution in [3.63, 3.8) is 0 Å². The molecule has 0 bridgehead atoms. The maximum absolute atomic E-state index is 13.3. The molecule has 0 spiro atoms. The molecule has 3 N–H and O–H groups in total. The molecule has 5 rings (SSSR count). The Kier molecular flexibility index (Phi) is 6.02. The molecule has 1 saturated heterocycles. The van der Waals surface area contributed by atoms with Crippen molar-refractivity contribution in [1.82, 2.24) is 19.0 Å². The number of para-hydroxylation sites is 1. The summed E-state index contributed by atoms with van der Waals surface area (Å²) in [6.07, 6.45) is 1.83. The molecule has 3 heterocycles. The number of aromatic nitrogens is 3. The van der Waals surface area contributed by atoms with Gasteiger partial charge in [-0.15, -0.1) is 0 Å². The van der Waals surface area contributed by atoms with Crippen LogP contribution in [0.5, 0.6) is 5.75 Å². The highest BCUT2D eigenvalue weighted by atomic mass is 16.5. The lowest BCUT2D eigenvalue weighted by Gasteiger charge is -2.30. The molecule has 8 heteroatoms. The van der Waals surface area contributed by atoms with E-state index in [2.05, 4.69) is 29.7 Å². The second-order valence-corrected chi connectivity index (χ2v) is 8.89. The highest BCUT2D eigenvalue weighted by molar-refractivity contribution is 6.00. The summed E-state index contributed by atoms with van der Waals surface area (Å²) in [5.74, 6) is 1.27. The van der Waals surface area contributed by atoms with Gasteiger partial charge in [-0.05, 0) is 44.0 Å². The first-order chi connectivity index (χ1) is 16.5. The quantitative estimate of drug-likeness (QED) is 0.460. The van der Waals surface area contributed by atoms with Crippen LogP contribution in [0.25, 0.3) is 33.5 Å². The largest absolute Gasteiger partial charge is 0.489 e. The lowest BCUT2D eigenvalue weighted by molar-refractivity contribution is 0.0708. The summed E-state index contributed by atoms with van der Waals surface area (Å²) in [6, 6.07) is 14.0. The fraction of sp³-hybridized carbons (Fsp3) is 0.385. The van der Waals surface area contributed by atoms with Crippen molar-refractivity contribution >= 4 is 27.8 Å². The first-order valence-electron chi connectivity index (χ1n) is 11.9. The molecule has 0 radical (unpaired) electrons. The maximum atomic E-state index is 13.3. The van der Waals surface area contributed by atoms with E-state index in [9.17, 15) is 9.90 Å². The van der Waals surface area contributed by atoms with E-state index < -0.39 is 0 Å². The van der Waals surface area contributed by atoms with Crippen LogP contribution in [0.4, 0.5) is 0 Å². The molecule has 1 aliphatic heterocycles. The molecule has 178 valence electrons. The van der Waals surface area contributed by atoms with Crippen LogP contribution < -0.4 is 10.5 Å². The standard InChI is InChI=1S/C26H31N5O3/c1-3-31-21-9-5-4-7-17(21)14-22(31)25-28-20-13-18(26(33)30-10-6-8-19(27)16-30)15-23(34-12-11-32)24(20)29(25)2/h4-5,7,9,13-15,19,32H,3,6,8,10-12,16,27H2,1-2H3/t19-/m1/s1. The van der Waals surface area contributed by atoms with E-state index in [0.717, 1.165) is 47.3 Å². The first-order valence-corrected chi connectivity index (χ1v) is 11.9. The minimum Gasteiger partial charge on any atom is -0.489 e. The van der Waals surface area contributed by atoms with Gasteiger partial charge in [-0.25, -0.2) is 4.98 Å². The molecular weight excluding hydrogens is 430 g/mol. The van der Waals surface area contributed by atoms with Crippen molar-refractivity contribution in [3.05, 3.63) is 48.0 Å². The van der Waals surface area contributed by atoms with Crippen molar-refractivity contribution in [1.29, 1.82) is 0 Å². The lowest BCUT2D eigenvalue weighted by atomic mass is 10.0. The predicted molar refractivity (Wildman–Crippen MR) is 133 cm³/mol. The minimum absolute atomic E-state index is 0.00366. The van der Waals surface area contributed by atoms with E-state index in [1.807, 2.05) is 34.7 Å². The molecular formula is C26H31N5O3. The van der Waals surface area contributed by atoms with Crippen LogP contribution in [0.3, 0.4) is 0 Å². The Bertz CT molecular complexity index is 1360. The van der Waals surface area contributed by atoms with Crippen LogP contribution in [0.15, 0.2) is 42.5 Å². The van der Waals surface area contributed by atoms with Crippen LogP contribution in [0.2, 0.25) is 0 Å². The van der Waals surface area contributed by atoms with Gasteiger partial charge in [0.15, 0.2) is 5.82 Å². The number of carbonyl (C=O) groups excluding carboxylic acids is 1. The summed E-state index contributed by atoms with van der Waals surface area (Å²) in [4.78, 5) is 20.1. The van der Waals surface area contributed by atoms with Crippen LogP contribution in [-0.4, -0.2) is 62.4 Å². The number of nitrogens with two attached hydrogens (primary N) is 1. The van der Waals surface area contributed by atoms with Gasteiger partial charge in [0.05, 0.1) is 17.8 Å². The maximum Gasteiger partial charge on any atom is 0.254 e.